The van der Waals surface area contributed by atoms with Gasteiger partial charge in [0.25, 0.3) is 0 Å². The molecule has 5 rings (SSSR count). The van der Waals surface area contributed by atoms with Crippen LogP contribution in [0.3, 0.4) is 0 Å². The fourth-order valence-corrected chi connectivity index (χ4v) is 4.92. The average Bonchev–Trinajstić information content (AvgIpc) is 3.25. The second kappa shape index (κ2) is 8.00. The van der Waals surface area contributed by atoms with Gasteiger partial charge in [-0.25, -0.2) is 9.97 Å². The van der Waals surface area contributed by atoms with E-state index in [0.29, 0.717) is 38.8 Å². The second-order valence-corrected chi connectivity index (χ2v) is 8.28. The number of rotatable bonds is 4. The van der Waals surface area contributed by atoms with Crippen LogP contribution in [-0.4, -0.2) is 21.4 Å². The lowest BCUT2D eigenvalue weighted by molar-refractivity contribution is -0.139. The third-order valence-electron chi connectivity index (χ3n) is 5.33. The molecule has 0 unspecified atom stereocenters. The molecule has 0 amide bonds. The Bertz CT molecular complexity index is 1480. The number of fused-ring (bicyclic) bond motifs is 2. The van der Waals surface area contributed by atoms with Crippen molar-refractivity contribution >= 4 is 49.8 Å². The highest BCUT2D eigenvalue weighted by atomic mass is 32.1. The summed E-state index contributed by atoms with van der Waals surface area (Å²) in [5.74, 6) is 0.392. The van der Waals surface area contributed by atoms with Crippen molar-refractivity contribution in [2.45, 2.75) is 13.1 Å². The highest BCUT2D eigenvalue weighted by Gasteiger charge is 2.38. The summed E-state index contributed by atoms with van der Waals surface area (Å²) in [7, 11) is 1.71. The molecule has 33 heavy (non-hydrogen) atoms. The predicted octanol–water partition coefficient (Wildman–Crippen LogP) is 7.02. The van der Waals surface area contributed by atoms with Crippen molar-refractivity contribution in [2.75, 3.05) is 17.7 Å². The van der Waals surface area contributed by atoms with E-state index in [2.05, 4.69) is 25.0 Å². The number of halogens is 3. The molecule has 3 aromatic carbocycles. The number of hydrogen-bond donors (Lipinski definition) is 2. The summed E-state index contributed by atoms with van der Waals surface area (Å²) >= 11 is 0.832. The van der Waals surface area contributed by atoms with Crippen molar-refractivity contribution in [2.24, 2.45) is 0 Å². The van der Waals surface area contributed by atoms with E-state index in [4.69, 9.17) is 0 Å². The van der Waals surface area contributed by atoms with E-state index >= 15 is 0 Å². The normalized spacial score (nSPS) is 11.8. The SMILES string of the molecule is CNc1nc(-c2c(C)cc(Nc3ccccc3)c3c(C(F)(F)F)nsc23)c2ccccc2n1. The standard InChI is InChI=1S/C24H18F3N5S/c1-13-12-17(29-14-8-4-3-5-9-14)19-21(33-32-22(19)24(25,26)27)18(13)20-15-10-6-7-11-16(15)30-23(28-2)31-20/h3-12,29H,1-2H3,(H,28,30,31). The monoisotopic (exact) mass is 465 g/mol. The average molecular weight is 466 g/mol. The van der Waals surface area contributed by atoms with Gasteiger partial charge in [0.15, 0.2) is 5.69 Å². The molecule has 5 nitrogen and oxygen atoms in total. The number of hydrogen-bond acceptors (Lipinski definition) is 6. The van der Waals surface area contributed by atoms with Crippen LogP contribution >= 0.6 is 11.5 Å². The summed E-state index contributed by atoms with van der Waals surface area (Å²) in [6.07, 6.45) is -4.60. The number of anilines is 3. The van der Waals surface area contributed by atoms with Crippen LogP contribution in [-0.2, 0) is 6.18 Å². The Morgan fingerprint density at radius 1 is 0.939 bits per heavy atom. The first-order chi connectivity index (χ1) is 15.9. The topological polar surface area (TPSA) is 62.7 Å². The Balaban J connectivity index is 1.84. The van der Waals surface area contributed by atoms with Gasteiger partial charge >= 0.3 is 6.18 Å². The molecular formula is C24H18F3N5S. The van der Waals surface area contributed by atoms with Gasteiger partial charge in [-0.15, -0.1) is 0 Å². The number of alkyl halides is 3. The summed E-state index contributed by atoms with van der Waals surface area (Å²) in [6, 6.07) is 18.3. The molecule has 0 aliphatic heterocycles. The Morgan fingerprint density at radius 2 is 1.67 bits per heavy atom. The van der Waals surface area contributed by atoms with Gasteiger partial charge in [0, 0.05) is 34.8 Å². The maximum atomic E-state index is 14.0. The van der Waals surface area contributed by atoms with Crippen molar-refractivity contribution in [3.05, 3.63) is 71.9 Å². The summed E-state index contributed by atoms with van der Waals surface area (Å²) in [6.45, 7) is 1.87. The Hall–Kier alpha value is -3.72. The summed E-state index contributed by atoms with van der Waals surface area (Å²) in [5, 5.41) is 6.88. The van der Waals surface area contributed by atoms with Crippen LogP contribution in [0.25, 0.3) is 32.2 Å². The molecule has 2 N–H and O–H groups in total. The molecule has 2 aromatic heterocycles. The van der Waals surface area contributed by atoms with Gasteiger partial charge in [0.05, 0.1) is 15.9 Å². The van der Waals surface area contributed by atoms with Gasteiger partial charge in [0.2, 0.25) is 5.95 Å². The number of aromatic nitrogens is 3. The maximum Gasteiger partial charge on any atom is 0.435 e. The first kappa shape index (κ1) is 21.1. The fraction of sp³-hybridized carbons (Fsp3) is 0.125. The van der Waals surface area contributed by atoms with E-state index in [-0.39, 0.29) is 5.39 Å². The van der Waals surface area contributed by atoms with E-state index in [1.54, 1.807) is 25.2 Å². The molecule has 0 aliphatic carbocycles. The molecule has 9 heteroatoms. The molecule has 0 bridgehead atoms. The maximum absolute atomic E-state index is 14.0. The first-order valence-electron chi connectivity index (χ1n) is 10.1. The number of para-hydroxylation sites is 2. The molecule has 0 saturated carbocycles. The van der Waals surface area contributed by atoms with E-state index in [9.17, 15) is 13.2 Å². The van der Waals surface area contributed by atoms with Crippen molar-refractivity contribution in [3.63, 3.8) is 0 Å². The minimum Gasteiger partial charge on any atom is -0.357 e. The lowest BCUT2D eigenvalue weighted by Crippen LogP contribution is -2.07. The minimum absolute atomic E-state index is 0.0330. The number of benzene rings is 3. The Morgan fingerprint density at radius 3 is 2.39 bits per heavy atom. The molecule has 0 atom stereocenters. The fourth-order valence-electron chi connectivity index (χ4n) is 3.89. The molecule has 0 saturated heterocycles. The van der Waals surface area contributed by atoms with E-state index < -0.39 is 11.9 Å². The van der Waals surface area contributed by atoms with Gasteiger partial charge in [-0.3, -0.25) is 0 Å². The van der Waals surface area contributed by atoms with Crippen molar-refractivity contribution < 1.29 is 13.2 Å². The third kappa shape index (κ3) is 3.74. The zero-order valence-electron chi connectivity index (χ0n) is 17.7. The van der Waals surface area contributed by atoms with Gasteiger partial charge in [-0.1, -0.05) is 36.4 Å². The van der Waals surface area contributed by atoms with Crippen molar-refractivity contribution in [1.29, 1.82) is 0 Å². The molecule has 0 fully saturated rings. The molecule has 0 aliphatic rings. The number of nitrogens with zero attached hydrogens (tertiary/aromatic N) is 3. The Labute approximate surface area is 191 Å². The third-order valence-corrected chi connectivity index (χ3v) is 6.19. The van der Waals surface area contributed by atoms with Crippen LogP contribution in [0, 0.1) is 6.92 Å². The number of aryl methyl sites for hydroxylation is 1. The summed E-state index contributed by atoms with van der Waals surface area (Å²) < 4.78 is 46.1. The molecular weight excluding hydrogens is 447 g/mol. The van der Waals surface area contributed by atoms with Crippen LogP contribution in [0.15, 0.2) is 60.7 Å². The van der Waals surface area contributed by atoms with Crippen LogP contribution in [0.2, 0.25) is 0 Å². The van der Waals surface area contributed by atoms with Crippen molar-refractivity contribution in [1.82, 2.24) is 14.3 Å². The lowest BCUT2D eigenvalue weighted by atomic mass is 9.97. The van der Waals surface area contributed by atoms with Gasteiger partial charge in [0.1, 0.15) is 0 Å². The molecule has 0 spiro atoms. The van der Waals surface area contributed by atoms with E-state index in [0.717, 1.165) is 22.5 Å². The smallest absolute Gasteiger partial charge is 0.357 e. The van der Waals surface area contributed by atoms with Gasteiger partial charge in [-0.2, -0.15) is 17.5 Å². The summed E-state index contributed by atoms with van der Waals surface area (Å²) in [5.41, 5.74) is 2.80. The Kier molecular flexibility index (Phi) is 5.13. The molecule has 2 heterocycles. The minimum atomic E-state index is -4.60. The quantitative estimate of drug-likeness (QED) is 0.299. The van der Waals surface area contributed by atoms with Gasteiger partial charge in [-0.05, 0) is 48.3 Å². The van der Waals surface area contributed by atoms with Crippen LogP contribution in [0.4, 0.5) is 30.5 Å². The largest absolute Gasteiger partial charge is 0.435 e. The second-order valence-electron chi connectivity index (χ2n) is 7.50. The van der Waals surface area contributed by atoms with E-state index in [1.165, 1.54) is 0 Å². The van der Waals surface area contributed by atoms with Crippen molar-refractivity contribution in [3.8, 4) is 11.3 Å². The first-order valence-corrected chi connectivity index (χ1v) is 10.9. The highest BCUT2D eigenvalue weighted by molar-refractivity contribution is 7.14. The molecule has 0 radical (unpaired) electrons. The predicted molar refractivity (Wildman–Crippen MR) is 127 cm³/mol. The van der Waals surface area contributed by atoms with Crippen LogP contribution < -0.4 is 10.6 Å². The lowest BCUT2D eigenvalue weighted by Gasteiger charge is -2.16. The number of nitrogens with one attached hydrogen (secondary N) is 2. The van der Waals surface area contributed by atoms with Crippen LogP contribution in [0.5, 0.6) is 0 Å². The molecule has 166 valence electrons. The van der Waals surface area contributed by atoms with Crippen LogP contribution in [0.1, 0.15) is 11.3 Å². The highest BCUT2D eigenvalue weighted by Crippen LogP contribution is 2.46. The van der Waals surface area contributed by atoms with Gasteiger partial charge < -0.3 is 10.6 Å². The zero-order valence-corrected chi connectivity index (χ0v) is 18.5. The molecule has 5 aromatic rings. The van der Waals surface area contributed by atoms with E-state index in [1.807, 2.05) is 49.4 Å². The summed E-state index contributed by atoms with van der Waals surface area (Å²) in [4.78, 5) is 9.12. The zero-order chi connectivity index (χ0) is 23.2.